The highest BCUT2D eigenvalue weighted by molar-refractivity contribution is 5.84. The van der Waals surface area contributed by atoms with E-state index >= 15 is 0 Å². The minimum absolute atomic E-state index is 0.00831. The molecule has 0 atom stereocenters. The van der Waals surface area contributed by atoms with Crippen molar-refractivity contribution >= 4 is 16.7 Å². The van der Waals surface area contributed by atoms with Crippen LogP contribution >= 0.6 is 0 Å². The zero-order valence-electron chi connectivity index (χ0n) is 13.9. The van der Waals surface area contributed by atoms with Crippen molar-refractivity contribution in [3.05, 3.63) is 60.9 Å². The summed E-state index contributed by atoms with van der Waals surface area (Å²) in [6, 6.07) is 15.7. The zero-order chi connectivity index (χ0) is 17.3. The maximum absolute atomic E-state index is 11.8. The average molecular weight is 339 g/mol. The Bertz CT molecular complexity index is 803. The number of benzene rings is 2. The second-order valence-corrected chi connectivity index (χ2v) is 5.53. The molecule has 25 heavy (non-hydrogen) atoms. The molecule has 3 rings (SSSR count). The second kappa shape index (κ2) is 8.84. The molecular weight excluding hydrogens is 318 g/mol. The number of carbonyl (C=O) groups excluding carboxylic acids is 1. The molecule has 1 heterocycles. The summed E-state index contributed by atoms with van der Waals surface area (Å²) >= 11 is 0. The molecule has 0 aliphatic carbocycles. The van der Waals surface area contributed by atoms with Gasteiger partial charge in [0.2, 0.25) is 0 Å². The first-order valence-corrected chi connectivity index (χ1v) is 8.25. The highest BCUT2D eigenvalue weighted by atomic mass is 16.5. The summed E-state index contributed by atoms with van der Waals surface area (Å²) in [7, 11) is 0. The molecule has 0 unspecified atom stereocenters. The molecule has 0 saturated carbocycles. The van der Waals surface area contributed by atoms with Crippen LogP contribution in [0.25, 0.3) is 10.8 Å². The summed E-state index contributed by atoms with van der Waals surface area (Å²) in [5, 5.41) is 9.09. The van der Waals surface area contributed by atoms with Crippen molar-refractivity contribution in [3.8, 4) is 5.75 Å². The van der Waals surface area contributed by atoms with Crippen molar-refractivity contribution in [3.63, 3.8) is 0 Å². The monoisotopic (exact) mass is 339 g/mol. The molecule has 1 aromatic heterocycles. The Kier molecular flexibility index (Phi) is 6.01. The highest BCUT2D eigenvalue weighted by Crippen LogP contribution is 2.20. The molecule has 0 saturated heterocycles. The number of rotatable bonds is 9. The Morgan fingerprint density at radius 1 is 1.08 bits per heavy atom. The number of carbonyl (C=O) groups is 1. The fourth-order valence-electron chi connectivity index (χ4n) is 2.41. The van der Waals surface area contributed by atoms with E-state index in [1.807, 2.05) is 54.7 Å². The van der Waals surface area contributed by atoms with Gasteiger partial charge in [-0.15, -0.1) is 0 Å². The van der Waals surface area contributed by atoms with Gasteiger partial charge in [0.1, 0.15) is 5.75 Å². The van der Waals surface area contributed by atoms with E-state index in [4.69, 9.17) is 9.47 Å². The Hall–Kier alpha value is -2.86. The number of amides is 1. The lowest BCUT2D eigenvalue weighted by atomic mass is 10.1. The van der Waals surface area contributed by atoms with Crippen LogP contribution in [0.15, 0.2) is 60.9 Å². The van der Waals surface area contributed by atoms with E-state index in [0.29, 0.717) is 32.1 Å². The van der Waals surface area contributed by atoms with Gasteiger partial charge in [0, 0.05) is 18.9 Å². The molecule has 2 aromatic carbocycles. The topological polar surface area (TPSA) is 65.4 Å². The quantitative estimate of drug-likeness (QED) is 0.607. The Labute approximate surface area is 146 Å². The molecule has 3 aromatic rings. The van der Waals surface area contributed by atoms with Crippen molar-refractivity contribution in [1.29, 1.82) is 0 Å². The number of ether oxygens (including phenoxy) is 2. The van der Waals surface area contributed by atoms with E-state index in [1.54, 1.807) is 10.9 Å². The van der Waals surface area contributed by atoms with Crippen LogP contribution in [0.1, 0.15) is 0 Å². The molecule has 130 valence electrons. The molecule has 0 bridgehead atoms. The van der Waals surface area contributed by atoms with Crippen LogP contribution in [0.4, 0.5) is 0 Å². The normalized spacial score (nSPS) is 10.7. The highest BCUT2D eigenvalue weighted by Gasteiger charge is 2.03. The number of hydrogen-bond donors (Lipinski definition) is 1. The standard InChI is InChI=1S/C19H21N3O3/c23-19(20-9-12-24-13-11-22-10-3-8-21-22)15-25-18-7-6-16-4-1-2-5-17(16)14-18/h1-8,10,14H,9,11-13,15H2,(H,20,23). The van der Waals surface area contributed by atoms with Crippen LogP contribution in [0, 0.1) is 0 Å². The molecule has 6 nitrogen and oxygen atoms in total. The van der Waals surface area contributed by atoms with Gasteiger partial charge < -0.3 is 14.8 Å². The van der Waals surface area contributed by atoms with Crippen molar-refractivity contribution in [1.82, 2.24) is 15.1 Å². The second-order valence-electron chi connectivity index (χ2n) is 5.53. The van der Waals surface area contributed by atoms with Crippen molar-refractivity contribution in [2.75, 3.05) is 26.4 Å². The van der Waals surface area contributed by atoms with Crippen molar-refractivity contribution < 1.29 is 14.3 Å². The molecule has 1 N–H and O–H groups in total. The van der Waals surface area contributed by atoms with E-state index in [-0.39, 0.29) is 12.5 Å². The third-order valence-electron chi connectivity index (χ3n) is 3.68. The Balaban J connectivity index is 1.30. The molecule has 0 fully saturated rings. The lowest BCUT2D eigenvalue weighted by Crippen LogP contribution is -2.31. The Morgan fingerprint density at radius 2 is 1.96 bits per heavy atom. The third kappa shape index (κ3) is 5.32. The minimum atomic E-state index is -0.163. The largest absolute Gasteiger partial charge is 0.484 e. The van der Waals surface area contributed by atoms with Crippen molar-refractivity contribution in [2.24, 2.45) is 0 Å². The SMILES string of the molecule is O=C(COc1ccc2ccccc2c1)NCCOCCn1cccn1. The minimum Gasteiger partial charge on any atom is -0.484 e. The summed E-state index contributed by atoms with van der Waals surface area (Å²) in [6.07, 6.45) is 3.62. The third-order valence-corrected chi connectivity index (χ3v) is 3.68. The van der Waals surface area contributed by atoms with E-state index in [1.165, 1.54) is 0 Å². The number of fused-ring (bicyclic) bond motifs is 1. The predicted molar refractivity (Wildman–Crippen MR) is 95.5 cm³/mol. The molecule has 0 radical (unpaired) electrons. The number of nitrogens with one attached hydrogen (secondary N) is 1. The van der Waals surface area contributed by atoms with Crippen LogP contribution in [0.5, 0.6) is 5.75 Å². The molecular formula is C19H21N3O3. The smallest absolute Gasteiger partial charge is 0.258 e. The van der Waals surface area contributed by atoms with Crippen LogP contribution in [0.3, 0.4) is 0 Å². The van der Waals surface area contributed by atoms with Gasteiger partial charge in [0.05, 0.1) is 19.8 Å². The van der Waals surface area contributed by atoms with E-state index in [9.17, 15) is 4.79 Å². The lowest BCUT2D eigenvalue weighted by molar-refractivity contribution is -0.123. The number of nitrogens with zero attached hydrogens (tertiary/aromatic N) is 2. The van der Waals surface area contributed by atoms with Gasteiger partial charge in [-0.2, -0.15) is 5.10 Å². The van der Waals surface area contributed by atoms with E-state index < -0.39 is 0 Å². The van der Waals surface area contributed by atoms with Gasteiger partial charge in [-0.25, -0.2) is 0 Å². The summed E-state index contributed by atoms with van der Waals surface area (Å²) in [5.41, 5.74) is 0. The van der Waals surface area contributed by atoms with Gasteiger partial charge in [-0.3, -0.25) is 9.48 Å². The van der Waals surface area contributed by atoms with Gasteiger partial charge in [0.15, 0.2) is 6.61 Å². The maximum Gasteiger partial charge on any atom is 0.258 e. The van der Waals surface area contributed by atoms with Gasteiger partial charge in [-0.1, -0.05) is 30.3 Å². The Morgan fingerprint density at radius 3 is 2.80 bits per heavy atom. The summed E-state index contributed by atoms with van der Waals surface area (Å²) in [6.45, 7) is 2.17. The first-order chi connectivity index (χ1) is 12.3. The van der Waals surface area contributed by atoms with Crippen LogP contribution in [0.2, 0.25) is 0 Å². The van der Waals surface area contributed by atoms with E-state index in [0.717, 1.165) is 10.8 Å². The van der Waals surface area contributed by atoms with Gasteiger partial charge in [0.25, 0.3) is 5.91 Å². The maximum atomic E-state index is 11.8. The van der Waals surface area contributed by atoms with Crippen LogP contribution in [-0.4, -0.2) is 42.1 Å². The number of hydrogen-bond acceptors (Lipinski definition) is 4. The first kappa shape index (κ1) is 17.0. The van der Waals surface area contributed by atoms with Gasteiger partial charge >= 0.3 is 0 Å². The molecule has 0 aliphatic heterocycles. The summed E-state index contributed by atoms with van der Waals surface area (Å²) in [5.74, 6) is 0.521. The van der Waals surface area contributed by atoms with Crippen LogP contribution in [-0.2, 0) is 16.1 Å². The zero-order valence-corrected chi connectivity index (χ0v) is 13.9. The summed E-state index contributed by atoms with van der Waals surface area (Å²) in [4.78, 5) is 11.8. The summed E-state index contributed by atoms with van der Waals surface area (Å²) < 4.78 is 12.8. The molecule has 0 spiro atoms. The fourth-order valence-corrected chi connectivity index (χ4v) is 2.41. The fraction of sp³-hybridized carbons (Fsp3) is 0.263. The predicted octanol–water partition coefficient (Wildman–Crippen LogP) is 2.25. The van der Waals surface area contributed by atoms with Crippen molar-refractivity contribution in [2.45, 2.75) is 6.54 Å². The van der Waals surface area contributed by atoms with Crippen LogP contribution < -0.4 is 10.1 Å². The van der Waals surface area contributed by atoms with Gasteiger partial charge in [-0.05, 0) is 29.0 Å². The van der Waals surface area contributed by atoms with E-state index in [2.05, 4.69) is 10.4 Å². The lowest BCUT2D eigenvalue weighted by Gasteiger charge is -2.09. The average Bonchev–Trinajstić information content (AvgIpc) is 3.16. The first-order valence-electron chi connectivity index (χ1n) is 8.25. The number of aromatic nitrogens is 2. The molecule has 0 aliphatic rings. The molecule has 1 amide bonds. The molecule has 6 heteroatoms.